The predicted octanol–water partition coefficient (Wildman–Crippen LogP) is 3.87. The Morgan fingerprint density at radius 2 is 1.61 bits per heavy atom. The van der Waals surface area contributed by atoms with Crippen molar-refractivity contribution >= 4 is 46.6 Å². The van der Waals surface area contributed by atoms with Crippen LogP contribution < -0.4 is 15.4 Å². The van der Waals surface area contributed by atoms with Crippen LogP contribution in [0.3, 0.4) is 0 Å². The molecule has 0 spiro atoms. The second kappa shape index (κ2) is 10.8. The standard InChI is InChI=1S/C21H22ClN5O3S/c1-3-27-18(12-19(28)23-16-8-10-17(30-2)11-9-16)25-26-21(27)31-13-20(29)24-15-6-4-14(22)5-7-15/h4-11H,3,12-13H2,1-2H3,(H,23,28)(H,24,29). The fraction of sp³-hybridized carbons (Fsp3) is 0.238. The third-order valence-electron chi connectivity index (χ3n) is 4.26. The van der Waals surface area contributed by atoms with E-state index in [1.54, 1.807) is 55.6 Å². The molecule has 0 saturated heterocycles. The van der Waals surface area contributed by atoms with E-state index in [1.165, 1.54) is 11.8 Å². The summed E-state index contributed by atoms with van der Waals surface area (Å²) in [5, 5.41) is 15.1. The zero-order valence-corrected chi connectivity index (χ0v) is 18.7. The molecule has 8 nitrogen and oxygen atoms in total. The molecular formula is C21H22ClN5O3S. The topological polar surface area (TPSA) is 98.1 Å². The fourth-order valence-electron chi connectivity index (χ4n) is 2.76. The Bertz CT molecular complexity index is 1040. The molecular weight excluding hydrogens is 438 g/mol. The molecule has 0 atom stereocenters. The average Bonchev–Trinajstić information content (AvgIpc) is 3.15. The van der Waals surface area contributed by atoms with Crippen LogP contribution in [0.15, 0.2) is 53.7 Å². The van der Waals surface area contributed by atoms with Crippen molar-refractivity contribution in [1.29, 1.82) is 0 Å². The summed E-state index contributed by atoms with van der Waals surface area (Å²) in [5.74, 6) is 1.04. The van der Waals surface area contributed by atoms with Gasteiger partial charge in [-0.05, 0) is 55.5 Å². The van der Waals surface area contributed by atoms with Gasteiger partial charge in [-0.3, -0.25) is 9.59 Å². The van der Waals surface area contributed by atoms with Crippen molar-refractivity contribution in [3.05, 3.63) is 59.4 Å². The van der Waals surface area contributed by atoms with Crippen LogP contribution in [0.2, 0.25) is 5.02 Å². The normalized spacial score (nSPS) is 10.5. The molecule has 1 aromatic heterocycles. The third kappa shape index (κ3) is 6.47. The Morgan fingerprint density at radius 1 is 1.00 bits per heavy atom. The summed E-state index contributed by atoms with van der Waals surface area (Å²) in [5.41, 5.74) is 1.34. The van der Waals surface area contributed by atoms with E-state index in [4.69, 9.17) is 16.3 Å². The van der Waals surface area contributed by atoms with Gasteiger partial charge in [-0.2, -0.15) is 0 Å². The van der Waals surface area contributed by atoms with Gasteiger partial charge in [-0.1, -0.05) is 23.4 Å². The first-order valence-electron chi connectivity index (χ1n) is 9.52. The largest absolute Gasteiger partial charge is 0.497 e. The van der Waals surface area contributed by atoms with Gasteiger partial charge in [0.1, 0.15) is 11.6 Å². The number of ether oxygens (including phenoxy) is 1. The van der Waals surface area contributed by atoms with E-state index in [-0.39, 0.29) is 24.0 Å². The number of benzene rings is 2. The summed E-state index contributed by atoms with van der Waals surface area (Å²) in [6.45, 7) is 2.52. The number of aromatic nitrogens is 3. The van der Waals surface area contributed by atoms with E-state index in [9.17, 15) is 9.59 Å². The smallest absolute Gasteiger partial charge is 0.234 e. The Labute approximate surface area is 189 Å². The molecule has 0 aliphatic carbocycles. The van der Waals surface area contributed by atoms with Crippen LogP contribution in [0, 0.1) is 0 Å². The molecule has 1 heterocycles. The lowest BCUT2D eigenvalue weighted by molar-refractivity contribution is -0.116. The number of rotatable bonds is 9. The second-order valence-corrected chi connectivity index (χ2v) is 7.82. The van der Waals surface area contributed by atoms with Gasteiger partial charge in [-0.15, -0.1) is 10.2 Å². The zero-order chi connectivity index (χ0) is 22.2. The summed E-state index contributed by atoms with van der Waals surface area (Å²) in [7, 11) is 1.59. The first-order chi connectivity index (χ1) is 15.0. The molecule has 0 fully saturated rings. The summed E-state index contributed by atoms with van der Waals surface area (Å²) >= 11 is 7.11. The van der Waals surface area contributed by atoms with Crippen LogP contribution in [0.5, 0.6) is 5.75 Å². The van der Waals surface area contributed by atoms with Gasteiger partial charge in [0.05, 0.1) is 19.3 Å². The van der Waals surface area contributed by atoms with Crippen LogP contribution in [-0.4, -0.2) is 39.4 Å². The lowest BCUT2D eigenvalue weighted by Crippen LogP contribution is -2.18. The molecule has 0 bridgehead atoms. The Balaban J connectivity index is 1.55. The van der Waals surface area contributed by atoms with Crippen molar-refractivity contribution in [2.45, 2.75) is 25.0 Å². The lowest BCUT2D eigenvalue weighted by Gasteiger charge is -2.09. The van der Waals surface area contributed by atoms with Crippen molar-refractivity contribution < 1.29 is 14.3 Å². The number of carbonyl (C=O) groups is 2. The molecule has 3 aromatic rings. The summed E-state index contributed by atoms with van der Waals surface area (Å²) in [4.78, 5) is 24.6. The number of halogens is 1. The van der Waals surface area contributed by atoms with Crippen LogP contribution in [0.4, 0.5) is 11.4 Å². The maximum absolute atomic E-state index is 12.4. The molecule has 0 radical (unpaired) electrons. The van der Waals surface area contributed by atoms with Gasteiger partial charge in [0.25, 0.3) is 0 Å². The van der Waals surface area contributed by atoms with Crippen LogP contribution >= 0.6 is 23.4 Å². The van der Waals surface area contributed by atoms with Crippen molar-refractivity contribution in [1.82, 2.24) is 14.8 Å². The minimum Gasteiger partial charge on any atom is -0.497 e. The zero-order valence-electron chi connectivity index (χ0n) is 17.1. The Hall–Kier alpha value is -3.04. The van der Waals surface area contributed by atoms with Crippen molar-refractivity contribution in [2.24, 2.45) is 0 Å². The number of anilines is 2. The molecule has 0 aliphatic heterocycles. The van der Waals surface area contributed by atoms with Crippen LogP contribution in [0.25, 0.3) is 0 Å². The van der Waals surface area contributed by atoms with Crippen LogP contribution in [0.1, 0.15) is 12.7 Å². The first kappa shape index (κ1) is 22.6. The quantitative estimate of drug-likeness (QED) is 0.471. The van der Waals surface area contributed by atoms with E-state index in [0.29, 0.717) is 39.7 Å². The number of hydrogen-bond acceptors (Lipinski definition) is 6. The SMILES string of the molecule is CCn1c(CC(=O)Nc2ccc(OC)cc2)nnc1SCC(=O)Nc1ccc(Cl)cc1. The van der Waals surface area contributed by atoms with Gasteiger partial charge in [0, 0.05) is 22.9 Å². The van der Waals surface area contributed by atoms with E-state index in [0.717, 1.165) is 0 Å². The lowest BCUT2D eigenvalue weighted by atomic mass is 10.3. The minimum atomic E-state index is -0.204. The summed E-state index contributed by atoms with van der Waals surface area (Å²) < 4.78 is 6.94. The van der Waals surface area contributed by atoms with Crippen molar-refractivity contribution in [3.8, 4) is 5.75 Å². The van der Waals surface area contributed by atoms with Crippen molar-refractivity contribution in [3.63, 3.8) is 0 Å². The second-order valence-electron chi connectivity index (χ2n) is 6.44. The first-order valence-corrected chi connectivity index (χ1v) is 10.9. The molecule has 0 saturated carbocycles. The number of amides is 2. The van der Waals surface area contributed by atoms with Gasteiger partial charge >= 0.3 is 0 Å². The maximum Gasteiger partial charge on any atom is 0.234 e. The number of carbonyl (C=O) groups excluding carboxylic acids is 2. The Kier molecular flexibility index (Phi) is 7.91. The molecule has 0 unspecified atom stereocenters. The molecule has 162 valence electrons. The highest BCUT2D eigenvalue weighted by Crippen LogP contribution is 2.20. The predicted molar refractivity (Wildman–Crippen MR) is 122 cm³/mol. The number of thioether (sulfide) groups is 1. The maximum atomic E-state index is 12.4. The highest BCUT2D eigenvalue weighted by molar-refractivity contribution is 7.99. The highest BCUT2D eigenvalue weighted by Gasteiger charge is 2.16. The fourth-order valence-corrected chi connectivity index (χ4v) is 3.70. The third-order valence-corrected chi connectivity index (χ3v) is 5.48. The van der Waals surface area contributed by atoms with E-state index in [1.807, 2.05) is 11.5 Å². The molecule has 31 heavy (non-hydrogen) atoms. The minimum absolute atomic E-state index is 0.0738. The summed E-state index contributed by atoms with van der Waals surface area (Å²) in [6, 6.07) is 14.0. The molecule has 2 N–H and O–H groups in total. The number of nitrogens with one attached hydrogen (secondary N) is 2. The number of methoxy groups -OCH3 is 1. The Morgan fingerprint density at radius 3 is 2.23 bits per heavy atom. The van der Waals surface area contributed by atoms with E-state index in [2.05, 4.69) is 20.8 Å². The molecule has 2 amide bonds. The summed E-state index contributed by atoms with van der Waals surface area (Å²) in [6.07, 6.45) is 0.0738. The molecule has 3 rings (SSSR count). The molecule has 0 aliphatic rings. The number of nitrogens with zero attached hydrogens (tertiary/aromatic N) is 3. The van der Waals surface area contributed by atoms with E-state index >= 15 is 0 Å². The van der Waals surface area contributed by atoms with E-state index < -0.39 is 0 Å². The highest BCUT2D eigenvalue weighted by atomic mass is 35.5. The van der Waals surface area contributed by atoms with Crippen molar-refractivity contribution in [2.75, 3.05) is 23.5 Å². The average molecular weight is 460 g/mol. The van der Waals surface area contributed by atoms with Crippen LogP contribution in [-0.2, 0) is 22.6 Å². The van der Waals surface area contributed by atoms with Gasteiger partial charge in [-0.25, -0.2) is 0 Å². The van der Waals surface area contributed by atoms with Gasteiger partial charge in [0.2, 0.25) is 11.8 Å². The number of hydrogen-bond donors (Lipinski definition) is 2. The monoisotopic (exact) mass is 459 g/mol. The molecule has 10 heteroatoms. The molecule has 2 aromatic carbocycles. The van der Waals surface area contributed by atoms with Gasteiger partial charge < -0.3 is 19.9 Å². The van der Waals surface area contributed by atoms with Gasteiger partial charge in [0.15, 0.2) is 5.16 Å².